The van der Waals surface area contributed by atoms with E-state index in [4.69, 9.17) is 16.6 Å². The molecule has 1 aromatic carbocycles. The van der Waals surface area contributed by atoms with Crippen LogP contribution in [-0.2, 0) is 9.59 Å². The molecule has 7 N–H and O–H groups in total. The number of hydrogen-bond acceptors (Lipinski definition) is 5. The number of carboxylic acids is 1. The number of aliphatic carboxylic acids is 1. The Morgan fingerprint density at radius 1 is 1.23 bits per heavy atom. The number of amides is 1. The van der Waals surface area contributed by atoms with Gasteiger partial charge in [-0.1, -0.05) is 0 Å². The van der Waals surface area contributed by atoms with E-state index in [1.54, 1.807) is 0 Å². The SMILES string of the molecule is CC(N)=O.Cc1c(I)c(N)cc(C(=O)C(N)(I)C(=O)O)c1I. The van der Waals surface area contributed by atoms with Crippen molar-refractivity contribution >= 4 is 91.1 Å². The Morgan fingerprint density at radius 3 is 2.00 bits per heavy atom. The lowest BCUT2D eigenvalue weighted by Gasteiger charge is -2.18. The number of carbonyl (C=O) groups is 3. The van der Waals surface area contributed by atoms with Crippen molar-refractivity contribution in [3.8, 4) is 0 Å². The minimum Gasteiger partial charge on any atom is -0.479 e. The topological polar surface area (TPSA) is 150 Å². The molecule has 1 unspecified atom stereocenters. The molecular formula is C12H14I3N3O4. The van der Waals surface area contributed by atoms with Crippen molar-refractivity contribution in [2.75, 3.05) is 5.73 Å². The summed E-state index contributed by atoms with van der Waals surface area (Å²) in [4.78, 5) is 32.4. The monoisotopic (exact) mass is 645 g/mol. The summed E-state index contributed by atoms with van der Waals surface area (Å²) < 4.78 is -0.465. The zero-order chi connectivity index (χ0) is 17.8. The number of Topliss-reactive ketones (excluding diaryl/α,β-unsaturated/α-hetero) is 1. The zero-order valence-corrected chi connectivity index (χ0v) is 18.1. The lowest BCUT2D eigenvalue weighted by molar-refractivity contribution is -0.137. The lowest BCUT2D eigenvalue weighted by Crippen LogP contribution is -2.49. The van der Waals surface area contributed by atoms with Crippen LogP contribution in [0.4, 0.5) is 5.69 Å². The van der Waals surface area contributed by atoms with Crippen molar-refractivity contribution in [2.24, 2.45) is 11.5 Å². The largest absolute Gasteiger partial charge is 0.479 e. The van der Waals surface area contributed by atoms with Crippen LogP contribution in [0.1, 0.15) is 22.8 Å². The van der Waals surface area contributed by atoms with E-state index < -0.39 is 15.3 Å². The van der Waals surface area contributed by atoms with Crippen LogP contribution in [0.3, 0.4) is 0 Å². The summed E-state index contributed by atoms with van der Waals surface area (Å²) in [5.41, 5.74) is 17.3. The van der Waals surface area contributed by atoms with Crippen LogP contribution in [0.5, 0.6) is 0 Å². The Balaban J connectivity index is 0.000000980. The van der Waals surface area contributed by atoms with E-state index in [9.17, 15) is 14.4 Å². The molecule has 0 spiro atoms. The van der Waals surface area contributed by atoms with E-state index >= 15 is 0 Å². The first-order chi connectivity index (χ1) is 9.83. The number of benzene rings is 1. The molecule has 0 saturated heterocycles. The molecule has 0 fully saturated rings. The molecule has 0 radical (unpaired) electrons. The third kappa shape index (κ3) is 5.45. The van der Waals surface area contributed by atoms with Gasteiger partial charge in [0.2, 0.25) is 15.2 Å². The predicted molar refractivity (Wildman–Crippen MR) is 109 cm³/mol. The fourth-order valence-corrected chi connectivity index (χ4v) is 3.16. The van der Waals surface area contributed by atoms with Crippen LogP contribution in [-0.4, -0.2) is 26.3 Å². The summed E-state index contributed by atoms with van der Waals surface area (Å²) in [6.45, 7) is 3.13. The molecule has 0 bridgehead atoms. The molecule has 0 aliphatic heterocycles. The number of alkyl halides is 1. The first-order valence-corrected chi connectivity index (χ1v) is 8.83. The molecular weight excluding hydrogens is 631 g/mol. The summed E-state index contributed by atoms with van der Waals surface area (Å²) in [6, 6.07) is 1.47. The number of primary amides is 1. The molecule has 0 aromatic heterocycles. The van der Waals surface area contributed by atoms with Crippen molar-refractivity contribution < 1.29 is 19.5 Å². The van der Waals surface area contributed by atoms with Crippen LogP contribution >= 0.6 is 67.8 Å². The van der Waals surface area contributed by atoms with Crippen LogP contribution in [0, 0.1) is 14.1 Å². The quantitative estimate of drug-likeness (QED) is 0.0982. The fourth-order valence-electron chi connectivity index (χ4n) is 1.26. The summed E-state index contributed by atoms with van der Waals surface area (Å²) in [5, 5.41) is 8.97. The van der Waals surface area contributed by atoms with E-state index in [-0.39, 0.29) is 11.5 Å². The van der Waals surface area contributed by atoms with Gasteiger partial charge in [0.25, 0.3) is 0 Å². The summed E-state index contributed by atoms with van der Waals surface area (Å²) in [5.74, 6) is -2.37. The zero-order valence-electron chi connectivity index (χ0n) is 11.6. The van der Waals surface area contributed by atoms with Crippen molar-refractivity contribution in [3.63, 3.8) is 0 Å². The average molecular weight is 645 g/mol. The van der Waals surface area contributed by atoms with Gasteiger partial charge in [0.05, 0.1) is 0 Å². The van der Waals surface area contributed by atoms with Gasteiger partial charge in [-0.15, -0.1) is 0 Å². The van der Waals surface area contributed by atoms with Crippen LogP contribution in [0.2, 0.25) is 0 Å². The Hall–Kier alpha value is -0.220. The number of carboxylic acid groups (broad SMARTS) is 1. The first kappa shape index (κ1) is 21.8. The molecule has 0 aliphatic carbocycles. The molecule has 1 aromatic rings. The molecule has 0 heterocycles. The third-order valence-corrected chi connectivity index (χ3v) is 6.11. The standard InChI is InChI=1S/C10H9I3N2O3.C2H5NO/c1-3-6(11)4(2-5(14)7(3)12)8(16)10(13,15)9(17)18;1-2(3)4/h2H,14-15H2,1H3,(H,17,18);1H3,(H2,3,4). The van der Waals surface area contributed by atoms with E-state index in [1.165, 1.54) is 35.6 Å². The Morgan fingerprint density at radius 2 is 1.64 bits per heavy atom. The van der Waals surface area contributed by atoms with Gasteiger partial charge in [-0.3, -0.25) is 9.59 Å². The average Bonchev–Trinajstić information content (AvgIpc) is 2.38. The molecule has 7 nitrogen and oxygen atoms in total. The smallest absolute Gasteiger partial charge is 0.342 e. The van der Waals surface area contributed by atoms with Gasteiger partial charge >= 0.3 is 5.97 Å². The minimum absolute atomic E-state index is 0.241. The lowest BCUT2D eigenvalue weighted by atomic mass is 10.0. The number of carbonyl (C=O) groups excluding carboxylic acids is 2. The molecule has 0 saturated carbocycles. The molecule has 22 heavy (non-hydrogen) atoms. The van der Waals surface area contributed by atoms with E-state index in [2.05, 4.69) is 28.3 Å². The molecule has 1 amide bonds. The summed E-state index contributed by atoms with van der Waals surface area (Å²) in [6.07, 6.45) is 0. The highest BCUT2D eigenvalue weighted by Gasteiger charge is 2.41. The van der Waals surface area contributed by atoms with Crippen LogP contribution < -0.4 is 17.2 Å². The van der Waals surface area contributed by atoms with Crippen molar-refractivity contribution in [1.29, 1.82) is 0 Å². The van der Waals surface area contributed by atoms with E-state index in [0.717, 1.165) is 9.13 Å². The second-order valence-electron chi connectivity index (χ2n) is 4.22. The molecule has 10 heteroatoms. The summed E-state index contributed by atoms with van der Waals surface area (Å²) in [7, 11) is 0. The number of halogens is 3. The van der Waals surface area contributed by atoms with E-state index in [0.29, 0.717) is 9.26 Å². The van der Waals surface area contributed by atoms with Gasteiger partial charge in [-0.2, -0.15) is 0 Å². The predicted octanol–water partition coefficient (Wildman–Crippen LogP) is 1.64. The highest BCUT2D eigenvalue weighted by Crippen LogP contribution is 2.30. The number of rotatable bonds is 3. The highest BCUT2D eigenvalue weighted by atomic mass is 127. The number of nitrogen functional groups attached to an aromatic ring is 1. The van der Waals surface area contributed by atoms with Gasteiger partial charge in [-0.25, -0.2) is 4.79 Å². The molecule has 122 valence electrons. The van der Waals surface area contributed by atoms with Gasteiger partial charge in [0.1, 0.15) is 0 Å². The van der Waals surface area contributed by atoms with Gasteiger partial charge in [0.15, 0.2) is 0 Å². The Labute approximate surface area is 168 Å². The third-order valence-electron chi connectivity index (χ3n) is 2.33. The maximum absolute atomic E-state index is 12.2. The highest BCUT2D eigenvalue weighted by molar-refractivity contribution is 14.1. The van der Waals surface area contributed by atoms with Crippen molar-refractivity contribution in [1.82, 2.24) is 0 Å². The maximum Gasteiger partial charge on any atom is 0.342 e. The second kappa shape index (κ2) is 8.58. The van der Waals surface area contributed by atoms with Gasteiger partial charge < -0.3 is 22.3 Å². The maximum atomic E-state index is 12.2. The van der Waals surface area contributed by atoms with Crippen LogP contribution in [0.15, 0.2) is 6.07 Å². The summed E-state index contributed by atoms with van der Waals surface area (Å²) >= 11 is 5.50. The first-order valence-electron chi connectivity index (χ1n) is 5.60. The number of hydrogen-bond donors (Lipinski definition) is 4. The number of anilines is 1. The van der Waals surface area contributed by atoms with Crippen molar-refractivity contribution in [2.45, 2.75) is 17.4 Å². The Kier molecular flexibility index (Phi) is 8.50. The van der Waals surface area contributed by atoms with Gasteiger partial charge in [-0.05, 0) is 86.3 Å². The fraction of sp³-hybridized carbons (Fsp3) is 0.250. The van der Waals surface area contributed by atoms with Crippen molar-refractivity contribution in [3.05, 3.63) is 24.3 Å². The van der Waals surface area contributed by atoms with Gasteiger partial charge in [0, 0.05) is 25.3 Å². The van der Waals surface area contributed by atoms with Crippen LogP contribution in [0.25, 0.3) is 0 Å². The Bertz CT molecular complexity index is 629. The number of nitrogens with two attached hydrogens (primary N) is 3. The second-order valence-corrected chi connectivity index (χ2v) is 8.08. The van der Waals surface area contributed by atoms with E-state index in [1.807, 2.05) is 29.5 Å². The molecule has 1 atom stereocenters. The minimum atomic E-state index is -1.98. The normalized spacial score (nSPS) is 12.6. The molecule has 0 aliphatic rings. The molecule has 1 rings (SSSR count). The number of ketones is 1.